The molecular weight excluding hydrogens is 1190 g/mol. The summed E-state index contributed by atoms with van der Waals surface area (Å²) in [6, 6.07) is 0. The van der Waals surface area contributed by atoms with Gasteiger partial charge in [-0.25, -0.2) is 4.57 Å². The van der Waals surface area contributed by atoms with E-state index in [1.54, 1.807) is 0 Å². The number of esters is 2. The van der Waals surface area contributed by atoms with Gasteiger partial charge in [-0.05, 0) is 154 Å². The minimum atomic E-state index is -4.42. The van der Waals surface area contributed by atoms with Crippen LogP contribution in [0.1, 0.15) is 271 Å². The van der Waals surface area contributed by atoms with Crippen molar-refractivity contribution < 1.29 is 37.6 Å². The number of unbranched alkanes of at least 4 members (excludes halogenated alkanes) is 18. The lowest BCUT2D eigenvalue weighted by molar-refractivity contribution is -0.161. The van der Waals surface area contributed by atoms with Gasteiger partial charge in [0.25, 0.3) is 0 Å². The average Bonchev–Trinajstić information content (AvgIpc) is 2.75. The molecule has 0 radical (unpaired) electrons. The molecule has 0 aromatic rings. The number of carbonyl (C=O) groups excluding carboxylic acids is 2. The summed E-state index contributed by atoms with van der Waals surface area (Å²) >= 11 is 0. The molecule has 0 bridgehead atoms. The van der Waals surface area contributed by atoms with Crippen molar-refractivity contribution in [3.63, 3.8) is 0 Å². The Morgan fingerprint density at radius 2 is 0.547 bits per heavy atom. The minimum absolute atomic E-state index is 0.0397. The standard InChI is InChI=1S/C85H134NO8P/c1-3-5-7-9-11-13-15-17-19-21-23-25-27-29-31-33-35-37-38-39-40-41-42-43-44-46-48-50-52-54-56-58-60-62-64-66-68-70-72-74-76-78-85(88)94-83(82-93-95(89,90)92-80-79-86)81-91-84(87)77-75-73-71-69-67-65-63-61-59-57-55-53-51-49-47-45-36-34-32-30-28-26-24-22-20-18-16-14-12-10-8-6-4-2/h5-8,11-14,17-20,23-26,29-32,35-37,39-40,42-43,45-46,48-49,51,55,57,61,63,83H,3-4,9-10,15-16,21-22,27-28,33-34,38,41,44,47,50,52-54,56,58-60,62,64-82,86H2,1-2H3,(H,89,90)/b7-5-,8-6-,13-11-,14-12-,19-17-,20-18-,25-23-,26-24-,31-29-,32-30-,37-35-,40-39-,43-42-,45-36-,48-46-,51-49-,57-55-,63-61-. The van der Waals surface area contributed by atoms with E-state index in [0.717, 1.165) is 167 Å². The van der Waals surface area contributed by atoms with Crippen LogP contribution in [0, 0.1) is 0 Å². The van der Waals surface area contributed by atoms with E-state index in [1.807, 2.05) is 0 Å². The van der Waals surface area contributed by atoms with Crippen LogP contribution < -0.4 is 5.73 Å². The van der Waals surface area contributed by atoms with Gasteiger partial charge in [-0.1, -0.05) is 322 Å². The molecule has 0 aliphatic heterocycles. The molecule has 0 spiro atoms. The molecule has 0 fully saturated rings. The number of nitrogens with two attached hydrogens (primary N) is 1. The summed E-state index contributed by atoms with van der Waals surface area (Å²) in [7, 11) is -4.42. The van der Waals surface area contributed by atoms with Gasteiger partial charge in [-0.15, -0.1) is 0 Å². The predicted octanol–water partition coefficient (Wildman–Crippen LogP) is 25.2. The normalized spacial score (nSPS) is 14.2. The van der Waals surface area contributed by atoms with Gasteiger partial charge < -0.3 is 20.1 Å². The van der Waals surface area contributed by atoms with E-state index in [2.05, 4.69) is 233 Å². The molecule has 95 heavy (non-hydrogen) atoms. The zero-order valence-corrected chi connectivity index (χ0v) is 60.7. The molecular formula is C85H134NO8P. The summed E-state index contributed by atoms with van der Waals surface area (Å²) in [5, 5.41) is 0. The highest BCUT2D eigenvalue weighted by Crippen LogP contribution is 2.43. The second-order valence-corrected chi connectivity index (χ2v) is 25.1. The molecule has 0 aromatic heterocycles. The van der Waals surface area contributed by atoms with E-state index < -0.39 is 32.5 Å². The molecule has 0 amide bonds. The highest BCUT2D eigenvalue weighted by molar-refractivity contribution is 7.47. The van der Waals surface area contributed by atoms with Gasteiger partial charge in [-0.3, -0.25) is 18.6 Å². The van der Waals surface area contributed by atoms with Gasteiger partial charge in [0, 0.05) is 19.4 Å². The number of hydrogen-bond donors (Lipinski definition) is 2. The van der Waals surface area contributed by atoms with Crippen LogP contribution >= 0.6 is 7.82 Å². The molecule has 0 heterocycles. The lowest BCUT2D eigenvalue weighted by atomic mass is 10.0. The molecule has 0 rings (SSSR count). The van der Waals surface area contributed by atoms with Gasteiger partial charge in [-0.2, -0.15) is 0 Å². The Balaban J connectivity index is 3.99. The van der Waals surface area contributed by atoms with E-state index >= 15 is 0 Å². The Morgan fingerprint density at radius 1 is 0.316 bits per heavy atom. The van der Waals surface area contributed by atoms with Gasteiger partial charge in [0.1, 0.15) is 6.61 Å². The lowest BCUT2D eigenvalue weighted by Gasteiger charge is -2.19. The molecule has 9 nitrogen and oxygen atoms in total. The fourth-order valence-corrected chi connectivity index (χ4v) is 10.2. The van der Waals surface area contributed by atoms with E-state index in [1.165, 1.54) is 64.2 Å². The third kappa shape index (κ3) is 77.2. The van der Waals surface area contributed by atoms with Crippen molar-refractivity contribution in [2.45, 2.75) is 277 Å². The van der Waals surface area contributed by atoms with Crippen LogP contribution in [-0.4, -0.2) is 49.3 Å². The van der Waals surface area contributed by atoms with Crippen LogP contribution in [0.3, 0.4) is 0 Å². The van der Waals surface area contributed by atoms with Crippen LogP contribution in [0.4, 0.5) is 0 Å². The third-order valence-electron chi connectivity index (χ3n) is 14.9. The van der Waals surface area contributed by atoms with Gasteiger partial charge >= 0.3 is 19.8 Å². The maximum atomic E-state index is 12.8. The smallest absolute Gasteiger partial charge is 0.462 e. The number of allylic oxidation sites excluding steroid dienone is 36. The summed E-state index contributed by atoms with van der Waals surface area (Å²) in [4.78, 5) is 35.4. The molecule has 0 aliphatic rings. The summed E-state index contributed by atoms with van der Waals surface area (Å²) in [5.74, 6) is -0.864. The first kappa shape index (κ1) is 89.3. The van der Waals surface area contributed by atoms with Crippen molar-refractivity contribution >= 4 is 19.8 Å². The highest BCUT2D eigenvalue weighted by Gasteiger charge is 2.26. The average molecular weight is 1330 g/mol. The number of hydrogen-bond acceptors (Lipinski definition) is 8. The van der Waals surface area contributed by atoms with Crippen molar-refractivity contribution in [2.24, 2.45) is 5.73 Å². The molecule has 0 saturated carbocycles. The summed E-state index contributed by atoms with van der Waals surface area (Å²) in [6.45, 7) is 3.48. The second-order valence-electron chi connectivity index (χ2n) is 23.7. The fraction of sp³-hybridized carbons (Fsp3) is 0.553. The van der Waals surface area contributed by atoms with Crippen molar-refractivity contribution in [1.82, 2.24) is 0 Å². The van der Waals surface area contributed by atoms with E-state index in [4.69, 9.17) is 24.3 Å². The van der Waals surface area contributed by atoms with Crippen LogP contribution in [0.2, 0.25) is 0 Å². The predicted molar refractivity (Wildman–Crippen MR) is 412 cm³/mol. The maximum absolute atomic E-state index is 12.8. The minimum Gasteiger partial charge on any atom is -0.462 e. The molecule has 2 atom stereocenters. The number of phosphoric acid groups is 1. The topological polar surface area (TPSA) is 134 Å². The van der Waals surface area contributed by atoms with Crippen molar-refractivity contribution in [2.75, 3.05) is 26.4 Å². The fourth-order valence-electron chi connectivity index (χ4n) is 9.44. The molecule has 0 aliphatic carbocycles. The Morgan fingerprint density at radius 3 is 0.811 bits per heavy atom. The van der Waals surface area contributed by atoms with E-state index in [0.29, 0.717) is 12.8 Å². The molecule has 0 saturated heterocycles. The highest BCUT2D eigenvalue weighted by atomic mass is 31.2. The van der Waals surface area contributed by atoms with E-state index in [9.17, 15) is 19.0 Å². The van der Waals surface area contributed by atoms with Crippen molar-refractivity contribution in [1.29, 1.82) is 0 Å². The molecule has 532 valence electrons. The summed E-state index contributed by atoms with van der Waals surface area (Å²) in [5.41, 5.74) is 5.40. The van der Waals surface area contributed by atoms with E-state index in [-0.39, 0.29) is 32.6 Å². The molecule has 2 unspecified atom stereocenters. The van der Waals surface area contributed by atoms with Crippen LogP contribution in [0.15, 0.2) is 219 Å². The number of rotatable bonds is 67. The van der Waals surface area contributed by atoms with Crippen LogP contribution in [0.5, 0.6) is 0 Å². The number of ether oxygens (including phenoxy) is 2. The zero-order chi connectivity index (χ0) is 68.6. The Bertz CT molecular complexity index is 2370. The quantitative estimate of drug-likeness (QED) is 0.0264. The number of carbonyl (C=O) groups is 2. The van der Waals surface area contributed by atoms with Crippen LogP contribution in [0.25, 0.3) is 0 Å². The first-order valence-electron chi connectivity index (χ1n) is 37.2. The van der Waals surface area contributed by atoms with Crippen LogP contribution in [-0.2, 0) is 32.7 Å². The Kier molecular flexibility index (Phi) is 72.7. The third-order valence-corrected chi connectivity index (χ3v) is 15.8. The van der Waals surface area contributed by atoms with Crippen molar-refractivity contribution in [3.8, 4) is 0 Å². The monoisotopic (exact) mass is 1330 g/mol. The summed E-state index contributed by atoms with van der Waals surface area (Å²) in [6.07, 6.45) is 120. The van der Waals surface area contributed by atoms with Gasteiger partial charge in [0.15, 0.2) is 6.10 Å². The molecule has 3 N–H and O–H groups in total. The first-order chi connectivity index (χ1) is 46.8. The van der Waals surface area contributed by atoms with Crippen molar-refractivity contribution in [3.05, 3.63) is 219 Å². The molecule has 0 aromatic carbocycles. The second kappa shape index (κ2) is 77.3. The van der Waals surface area contributed by atoms with Gasteiger partial charge in [0.05, 0.1) is 13.2 Å². The summed E-state index contributed by atoms with van der Waals surface area (Å²) < 4.78 is 33.2. The number of phosphoric ester groups is 1. The maximum Gasteiger partial charge on any atom is 0.472 e. The Hall–Kier alpha value is -5.67. The largest absolute Gasteiger partial charge is 0.472 e. The SMILES string of the molecule is CC/C=C\C/C=C\C/C=C\C/C=C\C/C=C\C/C=C\C/C=C\C/C=C\C/C=C\CCCCCCCCCCCCCCCC(=O)OC(COC(=O)CCCCCCC/C=C\C/C=C\C/C=C\C/C=C\C/C=C\C/C=C\C/C=C\C/C=C\C/C=C\CC)COP(=O)(O)OCCN. The first-order valence-corrected chi connectivity index (χ1v) is 38.7. The van der Waals surface area contributed by atoms with Gasteiger partial charge in [0.2, 0.25) is 0 Å². The lowest BCUT2D eigenvalue weighted by Crippen LogP contribution is -2.29. The molecule has 10 heteroatoms. The zero-order valence-electron chi connectivity index (χ0n) is 59.8. The Labute approximate surface area is 581 Å².